The maximum Gasteiger partial charge on any atom is 0.320 e. The third kappa shape index (κ3) is 5.80. The van der Waals surface area contributed by atoms with Crippen LogP contribution in [0.3, 0.4) is 0 Å². The number of hydrogen-bond donors (Lipinski definition) is 3. The number of thioether (sulfide) groups is 1. The maximum absolute atomic E-state index is 11.7. The first-order valence-corrected chi connectivity index (χ1v) is 6.95. The van der Waals surface area contributed by atoms with Crippen LogP contribution in [0.2, 0.25) is 0 Å². The molecule has 7 heteroatoms. The second-order valence-corrected chi connectivity index (χ2v) is 5.49. The van der Waals surface area contributed by atoms with E-state index in [0.717, 1.165) is 0 Å². The number of rotatable bonds is 8. The molecule has 0 spiro atoms. The van der Waals surface area contributed by atoms with Gasteiger partial charge in [0.2, 0.25) is 5.91 Å². The lowest BCUT2D eigenvalue weighted by Crippen LogP contribution is -2.32. The lowest BCUT2D eigenvalue weighted by atomic mass is 10.2. The molecule has 1 heterocycles. The van der Waals surface area contributed by atoms with E-state index in [1.165, 1.54) is 11.8 Å². The normalized spacial score (nSPS) is 13.8. The minimum atomic E-state index is -1.02. The molecule has 1 amide bonds. The molecule has 0 aromatic carbocycles. The van der Waals surface area contributed by atoms with E-state index in [-0.39, 0.29) is 11.2 Å². The number of amides is 1. The van der Waals surface area contributed by atoms with Gasteiger partial charge in [0.15, 0.2) is 0 Å². The van der Waals surface area contributed by atoms with Crippen molar-refractivity contribution in [2.45, 2.75) is 31.2 Å². The minimum absolute atomic E-state index is 0.106. The first-order valence-electron chi connectivity index (χ1n) is 5.90. The number of carboxylic acids is 1. The summed E-state index contributed by atoms with van der Waals surface area (Å²) < 4.78 is 5.10. The van der Waals surface area contributed by atoms with Crippen LogP contribution < -0.4 is 11.1 Å². The number of hydrogen-bond acceptors (Lipinski definition) is 5. The largest absolute Gasteiger partial charge is 0.480 e. The van der Waals surface area contributed by atoms with Crippen molar-refractivity contribution in [2.24, 2.45) is 5.73 Å². The summed E-state index contributed by atoms with van der Waals surface area (Å²) in [4.78, 5) is 22.2. The zero-order valence-corrected chi connectivity index (χ0v) is 11.5. The minimum Gasteiger partial charge on any atom is -0.480 e. The van der Waals surface area contributed by atoms with Crippen LogP contribution in [-0.2, 0) is 16.1 Å². The average molecular weight is 286 g/mol. The summed E-state index contributed by atoms with van der Waals surface area (Å²) in [6, 6.07) is 2.67. The Balaban J connectivity index is 2.19. The van der Waals surface area contributed by atoms with Gasteiger partial charge in [-0.15, -0.1) is 11.8 Å². The molecular weight excluding hydrogens is 268 g/mol. The van der Waals surface area contributed by atoms with Crippen molar-refractivity contribution < 1.29 is 19.1 Å². The van der Waals surface area contributed by atoms with E-state index in [1.54, 1.807) is 25.3 Å². The van der Waals surface area contributed by atoms with Crippen LogP contribution in [0.15, 0.2) is 22.8 Å². The predicted octanol–water partition coefficient (Wildman–Crippen LogP) is 0.819. The number of carbonyl (C=O) groups is 2. The smallest absolute Gasteiger partial charge is 0.320 e. The fourth-order valence-corrected chi connectivity index (χ4v) is 2.28. The Bertz CT molecular complexity index is 408. The van der Waals surface area contributed by atoms with Crippen LogP contribution in [0.1, 0.15) is 19.1 Å². The molecule has 2 atom stereocenters. The van der Waals surface area contributed by atoms with Gasteiger partial charge in [0.1, 0.15) is 11.8 Å². The molecule has 0 saturated heterocycles. The topological polar surface area (TPSA) is 106 Å². The van der Waals surface area contributed by atoms with Gasteiger partial charge in [0.25, 0.3) is 0 Å². The Morgan fingerprint density at radius 3 is 2.89 bits per heavy atom. The molecule has 0 saturated carbocycles. The number of furan rings is 1. The van der Waals surface area contributed by atoms with E-state index < -0.39 is 12.0 Å². The first-order chi connectivity index (χ1) is 9.00. The van der Waals surface area contributed by atoms with Crippen LogP contribution >= 0.6 is 11.8 Å². The summed E-state index contributed by atoms with van der Waals surface area (Å²) in [6.45, 7) is 2.12. The van der Waals surface area contributed by atoms with Gasteiger partial charge in [-0.1, -0.05) is 0 Å². The van der Waals surface area contributed by atoms with Gasteiger partial charge in [-0.25, -0.2) is 0 Å². The van der Waals surface area contributed by atoms with Gasteiger partial charge < -0.3 is 20.6 Å². The third-order valence-corrected chi connectivity index (χ3v) is 3.69. The number of carbonyl (C=O) groups excluding carboxylic acids is 1. The molecule has 1 aromatic heterocycles. The molecule has 0 radical (unpaired) electrons. The van der Waals surface area contributed by atoms with Crippen LogP contribution in [0.4, 0.5) is 0 Å². The second-order valence-electron chi connectivity index (χ2n) is 4.04. The van der Waals surface area contributed by atoms with Crippen molar-refractivity contribution in [3.05, 3.63) is 24.2 Å². The Labute approximate surface area is 115 Å². The molecule has 0 aliphatic heterocycles. The van der Waals surface area contributed by atoms with E-state index in [2.05, 4.69) is 5.32 Å². The quantitative estimate of drug-likeness (QED) is 0.653. The molecule has 106 valence electrons. The lowest BCUT2D eigenvalue weighted by molar-refractivity contribution is -0.138. The molecule has 1 aromatic rings. The number of nitrogens with one attached hydrogen (secondary N) is 1. The van der Waals surface area contributed by atoms with Gasteiger partial charge in [0, 0.05) is 0 Å². The molecule has 19 heavy (non-hydrogen) atoms. The number of carboxylic acid groups (broad SMARTS) is 1. The molecular formula is C12H18N2O4S. The highest BCUT2D eigenvalue weighted by molar-refractivity contribution is 8.00. The Morgan fingerprint density at radius 1 is 1.58 bits per heavy atom. The molecule has 0 fully saturated rings. The van der Waals surface area contributed by atoms with E-state index >= 15 is 0 Å². The highest BCUT2D eigenvalue weighted by Gasteiger charge is 2.16. The van der Waals surface area contributed by atoms with Crippen molar-refractivity contribution in [2.75, 3.05) is 5.75 Å². The fraction of sp³-hybridized carbons (Fsp3) is 0.500. The standard InChI is InChI=1S/C12H18N2O4S/c1-8(19-6-4-10(13)12(16)17)11(15)14-7-9-3-2-5-18-9/h2-3,5,8,10H,4,6-7,13H2,1H3,(H,14,15)(H,16,17). The highest BCUT2D eigenvalue weighted by atomic mass is 32.2. The van der Waals surface area contributed by atoms with Crippen molar-refractivity contribution >= 4 is 23.6 Å². The van der Waals surface area contributed by atoms with Crippen LogP contribution in [0.5, 0.6) is 0 Å². The molecule has 2 unspecified atom stereocenters. The molecule has 0 aliphatic carbocycles. The van der Waals surface area contributed by atoms with Gasteiger partial charge in [-0.3, -0.25) is 9.59 Å². The van der Waals surface area contributed by atoms with Crippen molar-refractivity contribution in [1.29, 1.82) is 0 Å². The van der Waals surface area contributed by atoms with Gasteiger partial charge in [0.05, 0.1) is 18.1 Å². The Kier molecular flexibility index (Phi) is 6.44. The number of nitrogens with two attached hydrogens (primary N) is 1. The number of aliphatic carboxylic acids is 1. The Hall–Kier alpha value is -1.47. The van der Waals surface area contributed by atoms with E-state index in [1.807, 2.05) is 0 Å². The summed E-state index contributed by atoms with van der Waals surface area (Å²) in [6.07, 6.45) is 1.89. The fourth-order valence-electron chi connectivity index (χ4n) is 1.30. The summed E-state index contributed by atoms with van der Waals surface area (Å²) in [5.74, 6) is 0.0993. The molecule has 0 bridgehead atoms. The van der Waals surface area contributed by atoms with E-state index in [4.69, 9.17) is 15.3 Å². The maximum atomic E-state index is 11.7. The summed E-state index contributed by atoms with van der Waals surface area (Å²) in [5, 5.41) is 11.1. The zero-order valence-electron chi connectivity index (χ0n) is 10.7. The summed E-state index contributed by atoms with van der Waals surface area (Å²) in [7, 11) is 0. The first kappa shape index (κ1) is 15.6. The molecule has 4 N–H and O–H groups in total. The SMILES string of the molecule is CC(SCCC(N)C(=O)O)C(=O)NCc1ccco1. The van der Waals surface area contributed by atoms with Crippen LogP contribution in [-0.4, -0.2) is 34.0 Å². The summed E-state index contributed by atoms with van der Waals surface area (Å²) in [5.41, 5.74) is 5.38. The zero-order chi connectivity index (χ0) is 14.3. The van der Waals surface area contributed by atoms with Gasteiger partial charge >= 0.3 is 5.97 Å². The average Bonchev–Trinajstić information content (AvgIpc) is 2.88. The van der Waals surface area contributed by atoms with Crippen molar-refractivity contribution in [3.63, 3.8) is 0 Å². The highest BCUT2D eigenvalue weighted by Crippen LogP contribution is 2.13. The van der Waals surface area contributed by atoms with Gasteiger partial charge in [-0.05, 0) is 31.2 Å². The lowest BCUT2D eigenvalue weighted by Gasteiger charge is -2.12. The van der Waals surface area contributed by atoms with Crippen molar-refractivity contribution in [3.8, 4) is 0 Å². The molecule has 1 rings (SSSR count). The summed E-state index contributed by atoms with van der Waals surface area (Å²) >= 11 is 1.38. The third-order valence-electron chi connectivity index (χ3n) is 2.50. The Morgan fingerprint density at radius 2 is 2.32 bits per heavy atom. The van der Waals surface area contributed by atoms with E-state index in [9.17, 15) is 9.59 Å². The van der Waals surface area contributed by atoms with E-state index in [0.29, 0.717) is 24.5 Å². The van der Waals surface area contributed by atoms with Crippen LogP contribution in [0, 0.1) is 0 Å². The van der Waals surface area contributed by atoms with Gasteiger partial charge in [-0.2, -0.15) is 0 Å². The molecule has 0 aliphatic rings. The monoisotopic (exact) mass is 286 g/mol. The molecule has 6 nitrogen and oxygen atoms in total. The van der Waals surface area contributed by atoms with Crippen LogP contribution in [0.25, 0.3) is 0 Å². The predicted molar refractivity (Wildman–Crippen MR) is 72.7 cm³/mol. The van der Waals surface area contributed by atoms with Crippen molar-refractivity contribution in [1.82, 2.24) is 5.32 Å². The second kappa shape index (κ2) is 7.85.